The number of nitrogens with two attached hydrogens (primary N) is 1. The van der Waals surface area contributed by atoms with E-state index in [-0.39, 0.29) is 33.6 Å². The van der Waals surface area contributed by atoms with Crippen molar-refractivity contribution in [1.82, 2.24) is 0 Å². The van der Waals surface area contributed by atoms with Crippen molar-refractivity contribution in [3.63, 3.8) is 0 Å². The van der Waals surface area contributed by atoms with Crippen LogP contribution >= 0.6 is 0 Å². The molecule has 4 rings (SSSR count). The molecule has 14 heteroatoms. The zero-order valence-corrected chi connectivity index (χ0v) is 28.6. The summed E-state index contributed by atoms with van der Waals surface area (Å²) in [6.45, 7) is 11.6. The van der Waals surface area contributed by atoms with E-state index in [0.29, 0.717) is 16.9 Å². The number of carbonyl (C=O) groups excluding carboxylic acids is 3. The van der Waals surface area contributed by atoms with Crippen molar-refractivity contribution >= 4 is 34.6 Å². The molecular weight excluding hydrogens is 640 g/mol. The van der Waals surface area contributed by atoms with Crippen LogP contribution in [0.3, 0.4) is 0 Å². The maximum Gasteiger partial charge on any atom is 0.404 e. The smallest absolute Gasteiger partial charge is 0.404 e. The maximum absolute atomic E-state index is 13.9. The number of aliphatic hydroxyl groups is 1. The summed E-state index contributed by atoms with van der Waals surface area (Å²) in [5.74, 6) is -3.15. The molecule has 0 aliphatic carbocycles. The fourth-order valence-corrected chi connectivity index (χ4v) is 5.65. The average molecular weight is 683 g/mol. The third kappa shape index (κ3) is 7.41. The highest BCUT2D eigenvalue weighted by Crippen LogP contribution is 2.40. The maximum atomic E-state index is 13.9. The normalized spacial score (nSPS) is 20.1. The molecule has 264 valence electrons. The summed E-state index contributed by atoms with van der Waals surface area (Å²) in [5, 5.41) is 32.8. The Kier molecular flexibility index (Phi) is 10.8. The monoisotopic (exact) mass is 682 g/mol. The van der Waals surface area contributed by atoms with Gasteiger partial charge in [-0.25, -0.2) is 14.5 Å². The first-order valence-corrected chi connectivity index (χ1v) is 15.5. The number of amides is 3. The molecule has 0 saturated carbocycles. The van der Waals surface area contributed by atoms with Gasteiger partial charge < -0.3 is 44.4 Å². The summed E-state index contributed by atoms with van der Waals surface area (Å²) >= 11 is 0. The van der Waals surface area contributed by atoms with Crippen molar-refractivity contribution in [2.24, 2.45) is 11.7 Å². The minimum Gasteiger partial charge on any atom is -0.508 e. The molecule has 1 saturated heterocycles. The second-order valence-electron chi connectivity index (χ2n) is 12.9. The van der Waals surface area contributed by atoms with Crippen LogP contribution in [-0.2, 0) is 25.4 Å². The number of rotatable bonds is 9. The number of allylic oxidation sites excluding steroid dienone is 2. The van der Waals surface area contributed by atoms with Crippen LogP contribution in [-0.4, -0.2) is 70.5 Å². The summed E-state index contributed by atoms with van der Waals surface area (Å²) in [6, 6.07) is 6.80. The fourth-order valence-electron chi connectivity index (χ4n) is 5.65. The molecule has 1 fully saturated rings. The number of phenolic OH excluding ortho intramolecular Hbond substituents is 1. The largest absolute Gasteiger partial charge is 0.508 e. The van der Waals surface area contributed by atoms with Crippen molar-refractivity contribution in [2.45, 2.75) is 85.1 Å². The van der Waals surface area contributed by atoms with Crippen LogP contribution in [0.5, 0.6) is 17.2 Å². The molecular formula is C35H42N2O12. The van der Waals surface area contributed by atoms with Gasteiger partial charge in [-0.15, -0.1) is 0 Å². The number of nitrogens with zero attached hydrogens (tertiary/aromatic N) is 1. The Morgan fingerprint density at radius 2 is 1.80 bits per heavy atom. The summed E-state index contributed by atoms with van der Waals surface area (Å²) in [5.41, 5.74) is 3.68. The molecule has 1 aliphatic heterocycles. The van der Waals surface area contributed by atoms with E-state index < -0.39 is 71.1 Å². The van der Waals surface area contributed by atoms with E-state index in [1.54, 1.807) is 13.8 Å². The molecule has 2 heterocycles. The van der Waals surface area contributed by atoms with Crippen molar-refractivity contribution in [1.29, 1.82) is 0 Å². The number of anilines is 1. The number of imide groups is 1. The Morgan fingerprint density at radius 3 is 2.39 bits per heavy atom. The third-order valence-electron chi connectivity index (χ3n) is 8.19. The van der Waals surface area contributed by atoms with Crippen LogP contribution in [0, 0.1) is 12.8 Å². The number of primary amides is 1. The topological polar surface area (TPSA) is 208 Å². The molecule has 2 aromatic carbocycles. The van der Waals surface area contributed by atoms with Crippen LogP contribution in [0.15, 0.2) is 51.2 Å². The van der Waals surface area contributed by atoms with Crippen LogP contribution in [0.1, 0.15) is 63.0 Å². The summed E-state index contributed by atoms with van der Waals surface area (Å²) in [7, 11) is 1.36. The minimum absolute atomic E-state index is 0.00826. The van der Waals surface area contributed by atoms with E-state index in [9.17, 15) is 34.5 Å². The van der Waals surface area contributed by atoms with Crippen LogP contribution < -0.4 is 21.0 Å². The van der Waals surface area contributed by atoms with Crippen LogP contribution in [0.25, 0.3) is 11.0 Å². The van der Waals surface area contributed by atoms with Crippen molar-refractivity contribution in [3.8, 4) is 17.2 Å². The third-order valence-corrected chi connectivity index (χ3v) is 8.19. The highest BCUT2D eigenvalue weighted by molar-refractivity contribution is 6.22. The lowest BCUT2D eigenvalue weighted by Gasteiger charge is -2.47. The number of aromatic hydroxyl groups is 2. The molecule has 0 radical (unpaired) electrons. The van der Waals surface area contributed by atoms with Gasteiger partial charge in [-0.2, -0.15) is 0 Å². The van der Waals surface area contributed by atoms with Gasteiger partial charge in [0.2, 0.25) is 12.2 Å². The molecule has 5 N–H and O–H groups in total. The van der Waals surface area contributed by atoms with Crippen molar-refractivity contribution < 1.29 is 53.1 Å². The van der Waals surface area contributed by atoms with Gasteiger partial charge >= 0.3 is 11.7 Å². The van der Waals surface area contributed by atoms with Gasteiger partial charge in [0.05, 0.1) is 11.0 Å². The minimum atomic E-state index is -1.56. The first-order chi connectivity index (χ1) is 22.9. The Labute approximate surface area is 282 Å². The SMILES string of the molecule is CO[C@H]1[C@@H](OC(N)=O)[C@@H](O)[C@H](Oc2ccc3c(O)c(N(C(=O)c4ccc(O)c(CC=C(C)C)c4)C(=O)C(C)C)c(=O)oc3c2C)OC1(C)C. The second kappa shape index (κ2) is 14.3. The molecule has 4 atom stereocenters. The van der Waals surface area contributed by atoms with Gasteiger partial charge in [0.1, 0.15) is 23.2 Å². The van der Waals surface area contributed by atoms with E-state index in [0.717, 1.165) is 5.57 Å². The first-order valence-electron chi connectivity index (χ1n) is 15.5. The number of ether oxygens (including phenoxy) is 4. The predicted octanol–water partition coefficient (Wildman–Crippen LogP) is 4.20. The molecule has 49 heavy (non-hydrogen) atoms. The Hall–Kier alpha value is -4.92. The number of hydrogen-bond donors (Lipinski definition) is 4. The zero-order chi connectivity index (χ0) is 36.5. The van der Waals surface area contributed by atoms with E-state index in [1.165, 1.54) is 58.2 Å². The van der Waals surface area contributed by atoms with Crippen LogP contribution in [0.2, 0.25) is 0 Å². The van der Waals surface area contributed by atoms with E-state index in [4.69, 9.17) is 29.1 Å². The molecule has 0 unspecified atom stereocenters. The number of methoxy groups -OCH3 is 1. The Morgan fingerprint density at radius 1 is 1.12 bits per heavy atom. The standard InChI is InChI=1S/C35H42N2O12/c1-16(2)9-10-19-15-20(11-13-22(19)38)31(42)37(30(41)17(3)4)24-25(39)21-12-14-23(18(5)27(21)47-32(24)43)46-33-26(40)28(48-34(36)44)29(45-8)35(6,7)49-33/h9,11-15,17,26,28-29,33,38-40H,10H2,1-8H3,(H2,36,44)/t26-,28+,29+,33-/m1/s1. The quantitative estimate of drug-likeness (QED) is 0.185. The van der Waals surface area contributed by atoms with Gasteiger partial charge in [-0.1, -0.05) is 25.5 Å². The molecule has 14 nitrogen and oxygen atoms in total. The first kappa shape index (κ1) is 36.9. The number of fused-ring (bicyclic) bond motifs is 1. The molecule has 1 aliphatic rings. The number of aryl methyl sites for hydroxylation is 1. The molecule has 3 amide bonds. The van der Waals surface area contributed by atoms with Crippen molar-refractivity contribution in [2.75, 3.05) is 12.0 Å². The van der Waals surface area contributed by atoms with Gasteiger partial charge in [-0.05, 0) is 76.9 Å². The second-order valence-corrected chi connectivity index (χ2v) is 12.9. The van der Waals surface area contributed by atoms with Crippen molar-refractivity contribution in [3.05, 3.63) is 69.1 Å². The molecule has 0 bridgehead atoms. The highest BCUT2D eigenvalue weighted by Gasteiger charge is 2.53. The van der Waals surface area contributed by atoms with E-state index >= 15 is 0 Å². The van der Waals surface area contributed by atoms with Gasteiger partial charge in [0, 0.05) is 24.2 Å². The fraction of sp³-hybridized carbons (Fsp3) is 0.429. The average Bonchev–Trinajstić information content (AvgIpc) is 3.01. The number of carbonyl (C=O) groups is 3. The number of benzene rings is 2. The summed E-state index contributed by atoms with van der Waals surface area (Å²) in [4.78, 5) is 53.1. The lowest BCUT2D eigenvalue weighted by molar-refractivity contribution is -0.304. The molecule has 1 aromatic heterocycles. The predicted molar refractivity (Wildman–Crippen MR) is 178 cm³/mol. The number of phenols is 1. The zero-order valence-electron chi connectivity index (χ0n) is 28.6. The Balaban J connectivity index is 1.78. The van der Waals surface area contributed by atoms with E-state index in [1.807, 2.05) is 19.9 Å². The van der Waals surface area contributed by atoms with Gasteiger partial charge in [0.15, 0.2) is 23.6 Å². The summed E-state index contributed by atoms with van der Waals surface area (Å²) in [6.07, 6.45) is -4.12. The number of hydrogen-bond acceptors (Lipinski definition) is 12. The highest BCUT2D eigenvalue weighted by atomic mass is 16.7. The summed E-state index contributed by atoms with van der Waals surface area (Å²) < 4.78 is 28.1. The van der Waals surface area contributed by atoms with Crippen LogP contribution in [0.4, 0.5) is 10.5 Å². The number of aliphatic hydroxyl groups excluding tert-OH is 1. The van der Waals surface area contributed by atoms with Gasteiger partial charge in [0.25, 0.3) is 5.91 Å². The molecule has 0 spiro atoms. The van der Waals surface area contributed by atoms with Gasteiger partial charge in [-0.3, -0.25) is 9.59 Å². The lowest BCUT2D eigenvalue weighted by Crippen LogP contribution is -2.65. The van der Waals surface area contributed by atoms with E-state index in [2.05, 4.69) is 0 Å². The lowest BCUT2D eigenvalue weighted by atomic mass is 9.89. The Bertz CT molecular complexity index is 1860. The molecule has 3 aromatic rings.